The highest BCUT2D eigenvalue weighted by atomic mass is 32.2. The molecule has 8 nitrogen and oxygen atoms in total. The van der Waals surface area contributed by atoms with Gasteiger partial charge in [-0.25, -0.2) is 23.5 Å². The number of aromatic nitrogens is 3. The maximum absolute atomic E-state index is 11.6. The molecule has 0 unspecified atom stereocenters. The first-order chi connectivity index (χ1) is 14.0. The lowest BCUT2D eigenvalue weighted by Gasteiger charge is -2.09. The zero-order valence-electron chi connectivity index (χ0n) is 15.5. The Morgan fingerprint density at radius 1 is 1.03 bits per heavy atom. The molecule has 0 saturated carbocycles. The quantitative estimate of drug-likeness (QED) is 0.386. The van der Waals surface area contributed by atoms with Crippen LogP contribution in [0.1, 0.15) is 11.1 Å². The van der Waals surface area contributed by atoms with Crippen LogP contribution in [0.4, 0.5) is 5.82 Å². The molecule has 0 atom stereocenters. The molecule has 0 aliphatic heterocycles. The monoisotopic (exact) mass is 408 g/mol. The summed E-state index contributed by atoms with van der Waals surface area (Å²) >= 11 is 0. The van der Waals surface area contributed by atoms with Crippen molar-refractivity contribution < 1.29 is 8.42 Å². The molecule has 2 heterocycles. The maximum Gasteiger partial charge on any atom is 0.238 e. The summed E-state index contributed by atoms with van der Waals surface area (Å²) in [6.07, 6.45) is 3.37. The van der Waals surface area contributed by atoms with E-state index in [-0.39, 0.29) is 4.90 Å². The molecule has 4 rings (SSSR count). The van der Waals surface area contributed by atoms with Gasteiger partial charge < -0.3 is 16.0 Å². The average Bonchev–Trinajstić information content (AvgIpc) is 3.17. The summed E-state index contributed by atoms with van der Waals surface area (Å²) in [5, 5.41) is 9.35. The van der Waals surface area contributed by atoms with Crippen LogP contribution in [0.5, 0.6) is 0 Å². The Labute approximate surface area is 168 Å². The third kappa shape index (κ3) is 3.97. The molecular weight excluding hydrogens is 388 g/mol. The van der Waals surface area contributed by atoms with Gasteiger partial charge in [0.1, 0.15) is 17.8 Å². The number of nitrogens with two attached hydrogens (primary N) is 2. The van der Waals surface area contributed by atoms with Gasteiger partial charge in [0.2, 0.25) is 10.0 Å². The van der Waals surface area contributed by atoms with Crippen molar-refractivity contribution in [1.82, 2.24) is 15.0 Å². The number of nitrogens with one attached hydrogen (secondary N) is 2. The van der Waals surface area contributed by atoms with Gasteiger partial charge >= 0.3 is 0 Å². The van der Waals surface area contributed by atoms with Gasteiger partial charge in [0, 0.05) is 24.8 Å². The van der Waals surface area contributed by atoms with E-state index in [1.54, 1.807) is 12.1 Å². The number of anilines is 1. The Kier molecular flexibility index (Phi) is 5.01. The van der Waals surface area contributed by atoms with Crippen molar-refractivity contribution in [3.05, 3.63) is 72.2 Å². The molecule has 29 heavy (non-hydrogen) atoms. The second-order valence-electron chi connectivity index (χ2n) is 6.60. The minimum Gasteiger partial charge on any atom is -0.365 e. The largest absolute Gasteiger partial charge is 0.365 e. The smallest absolute Gasteiger partial charge is 0.238 e. The van der Waals surface area contributed by atoms with Crippen molar-refractivity contribution >= 4 is 26.9 Å². The van der Waals surface area contributed by atoms with Crippen LogP contribution in [0.3, 0.4) is 0 Å². The minimum atomic E-state index is -3.75. The molecule has 4 aromatic rings. The highest BCUT2D eigenvalue weighted by Gasteiger charge is 2.13. The molecule has 0 amide bonds. The van der Waals surface area contributed by atoms with E-state index in [0.29, 0.717) is 24.6 Å². The van der Waals surface area contributed by atoms with E-state index in [2.05, 4.69) is 20.3 Å². The van der Waals surface area contributed by atoms with E-state index in [0.717, 1.165) is 27.6 Å². The van der Waals surface area contributed by atoms with Crippen LogP contribution < -0.4 is 16.2 Å². The van der Waals surface area contributed by atoms with Gasteiger partial charge in [0.05, 0.1) is 10.3 Å². The Bertz CT molecular complexity index is 1270. The lowest BCUT2D eigenvalue weighted by molar-refractivity contribution is 0.597. The van der Waals surface area contributed by atoms with E-state index in [4.69, 9.17) is 10.9 Å². The molecule has 0 spiro atoms. The molecular formula is C20H20N6O2S. The molecule has 0 saturated heterocycles. The normalized spacial score (nSPS) is 11.7. The molecule has 0 radical (unpaired) electrons. The highest BCUT2D eigenvalue weighted by Crippen LogP contribution is 2.32. The number of H-pyrrole nitrogens is 1. The number of hydrogen-bond donors (Lipinski definition) is 4. The zero-order chi connectivity index (χ0) is 20.4. The average molecular weight is 408 g/mol. The van der Waals surface area contributed by atoms with Gasteiger partial charge in [0.15, 0.2) is 0 Å². The number of nitrogens with zero attached hydrogens (tertiary/aromatic N) is 2. The standard InChI is InChI=1S/C20H20N6O2S/c21-9-13-4-6-15(7-5-13)17-11-24-20-18(17)19(25-12-26-20)23-10-14-2-1-3-16(8-14)29(22,27)28/h1-8,11-12H,9-10,21H2,(H2,22,27,28)(H2,23,24,25,26). The van der Waals surface area contributed by atoms with Crippen molar-refractivity contribution in [1.29, 1.82) is 0 Å². The lowest BCUT2D eigenvalue weighted by Crippen LogP contribution is -2.12. The molecule has 2 aromatic carbocycles. The first-order valence-corrected chi connectivity index (χ1v) is 10.5. The summed E-state index contributed by atoms with van der Waals surface area (Å²) in [6, 6.07) is 14.5. The lowest BCUT2D eigenvalue weighted by atomic mass is 10.0. The van der Waals surface area contributed by atoms with E-state index in [1.807, 2.05) is 36.5 Å². The second-order valence-corrected chi connectivity index (χ2v) is 8.16. The van der Waals surface area contributed by atoms with Crippen LogP contribution in [0, 0.1) is 0 Å². The van der Waals surface area contributed by atoms with Crippen LogP contribution in [-0.2, 0) is 23.1 Å². The topological polar surface area (TPSA) is 140 Å². The van der Waals surface area contributed by atoms with Gasteiger partial charge in [-0.05, 0) is 28.8 Å². The van der Waals surface area contributed by atoms with Crippen LogP contribution in [0.15, 0.2) is 66.0 Å². The predicted octanol–water partition coefficient (Wildman–Crippen LogP) is 2.34. The summed E-state index contributed by atoms with van der Waals surface area (Å²) in [7, 11) is -3.75. The van der Waals surface area contributed by atoms with Gasteiger partial charge in [0.25, 0.3) is 0 Å². The fraction of sp³-hybridized carbons (Fsp3) is 0.100. The number of benzene rings is 2. The third-order valence-corrected chi connectivity index (χ3v) is 5.57. The Morgan fingerprint density at radius 2 is 1.83 bits per heavy atom. The van der Waals surface area contributed by atoms with Crippen molar-refractivity contribution in [2.24, 2.45) is 10.9 Å². The summed E-state index contributed by atoms with van der Waals surface area (Å²) in [5.41, 5.74) is 10.2. The van der Waals surface area contributed by atoms with E-state index in [9.17, 15) is 8.42 Å². The SMILES string of the molecule is NCc1ccc(-c2c[nH]c3ncnc(NCc4cccc(S(N)(=O)=O)c4)c23)cc1. The molecule has 0 fully saturated rings. The van der Waals surface area contributed by atoms with E-state index >= 15 is 0 Å². The number of primary sulfonamides is 1. The number of sulfonamides is 1. The van der Waals surface area contributed by atoms with Crippen molar-refractivity contribution in [3.63, 3.8) is 0 Å². The Morgan fingerprint density at radius 3 is 2.55 bits per heavy atom. The molecule has 2 aromatic heterocycles. The van der Waals surface area contributed by atoms with Gasteiger partial charge in [-0.1, -0.05) is 36.4 Å². The van der Waals surface area contributed by atoms with Crippen molar-refractivity contribution in [2.45, 2.75) is 18.0 Å². The molecule has 148 valence electrons. The molecule has 6 N–H and O–H groups in total. The summed E-state index contributed by atoms with van der Waals surface area (Å²) < 4.78 is 23.1. The highest BCUT2D eigenvalue weighted by molar-refractivity contribution is 7.89. The fourth-order valence-corrected chi connectivity index (χ4v) is 3.75. The summed E-state index contributed by atoms with van der Waals surface area (Å²) in [4.78, 5) is 11.9. The first kappa shape index (κ1) is 19.1. The minimum absolute atomic E-state index is 0.0759. The van der Waals surface area contributed by atoms with E-state index in [1.165, 1.54) is 12.4 Å². The van der Waals surface area contributed by atoms with Crippen LogP contribution >= 0.6 is 0 Å². The molecule has 0 aliphatic rings. The van der Waals surface area contributed by atoms with Gasteiger partial charge in [-0.15, -0.1) is 0 Å². The first-order valence-electron chi connectivity index (χ1n) is 8.93. The Hall–Kier alpha value is -3.27. The van der Waals surface area contributed by atoms with Crippen molar-refractivity contribution in [2.75, 3.05) is 5.32 Å². The van der Waals surface area contributed by atoms with Gasteiger partial charge in [-0.3, -0.25) is 0 Å². The third-order valence-electron chi connectivity index (χ3n) is 4.66. The molecule has 9 heteroatoms. The maximum atomic E-state index is 11.6. The summed E-state index contributed by atoms with van der Waals surface area (Å²) in [5.74, 6) is 0.648. The molecule has 0 bridgehead atoms. The fourth-order valence-electron chi connectivity index (χ4n) is 3.16. The Balaban J connectivity index is 1.67. The number of rotatable bonds is 6. The molecule has 0 aliphatic carbocycles. The number of fused-ring (bicyclic) bond motifs is 1. The van der Waals surface area contributed by atoms with Crippen LogP contribution in [0.25, 0.3) is 22.2 Å². The van der Waals surface area contributed by atoms with Gasteiger partial charge in [-0.2, -0.15) is 0 Å². The van der Waals surface area contributed by atoms with Crippen LogP contribution in [0.2, 0.25) is 0 Å². The number of aromatic amines is 1. The van der Waals surface area contributed by atoms with Crippen LogP contribution in [-0.4, -0.2) is 23.4 Å². The zero-order valence-corrected chi connectivity index (χ0v) is 16.3. The predicted molar refractivity (Wildman–Crippen MR) is 112 cm³/mol. The van der Waals surface area contributed by atoms with E-state index < -0.39 is 10.0 Å². The second kappa shape index (κ2) is 7.63. The van der Waals surface area contributed by atoms with Crippen molar-refractivity contribution in [3.8, 4) is 11.1 Å². The summed E-state index contributed by atoms with van der Waals surface area (Å²) in [6.45, 7) is 0.869. The number of hydrogen-bond acceptors (Lipinski definition) is 6.